The highest BCUT2D eigenvalue weighted by atomic mass is 16.1. The summed E-state index contributed by atoms with van der Waals surface area (Å²) < 4.78 is 0. The van der Waals surface area contributed by atoms with Gasteiger partial charge in [-0.15, -0.1) is 0 Å². The summed E-state index contributed by atoms with van der Waals surface area (Å²) in [5.74, 6) is 0.347. The van der Waals surface area contributed by atoms with Crippen LogP contribution in [-0.2, 0) is 0 Å². The molecule has 3 heteroatoms. The van der Waals surface area contributed by atoms with Crippen molar-refractivity contribution in [2.24, 2.45) is 0 Å². The van der Waals surface area contributed by atoms with Crippen LogP contribution in [0.2, 0.25) is 0 Å². The van der Waals surface area contributed by atoms with Gasteiger partial charge in [-0.3, -0.25) is 4.79 Å². The van der Waals surface area contributed by atoms with Crippen molar-refractivity contribution in [3.63, 3.8) is 0 Å². The molecule has 1 aromatic heterocycles. The van der Waals surface area contributed by atoms with Crippen LogP contribution in [0.1, 0.15) is 46.8 Å². The lowest BCUT2D eigenvalue weighted by Gasteiger charge is -2.12. The van der Waals surface area contributed by atoms with Crippen molar-refractivity contribution in [2.45, 2.75) is 33.6 Å². The van der Waals surface area contributed by atoms with E-state index in [2.05, 4.69) is 43.4 Å². The summed E-state index contributed by atoms with van der Waals surface area (Å²) in [5, 5.41) is 3.90. The first-order chi connectivity index (χ1) is 14.4. The zero-order chi connectivity index (χ0) is 21.3. The second-order valence-electron chi connectivity index (χ2n) is 8.17. The minimum absolute atomic E-state index is 0.128. The molecule has 1 N–H and O–H groups in total. The normalized spacial score (nSPS) is 11.1. The highest BCUT2D eigenvalue weighted by Crippen LogP contribution is 2.28. The first-order valence-electron chi connectivity index (χ1n) is 10.3. The molecule has 0 radical (unpaired) electrons. The van der Waals surface area contributed by atoms with Crippen LogP contribution >= 0.6 is 0 Å². The first-order valence-corrected chi connectivity index (χ1v) is 10.3. The van der Waals surface area contributed by atoms with E-state index in [-0.39, 0.29) is 5.91 Å². The van der Waals surface area contributed by atoms with Crippen molar-refractivity contribution in [1.82, 2.24) is 4.98 Å². The zero-order valence-electron chi connectivity index (χ0n) is 17.9. The lowest BCUT2D eigenvalue weighted by Crippen LogP contribution is -2.13. The average Bonchev–Trinajstić information content (AvgIpc) is 2.74. The number of nitrogens with one attached hydrogen (secondary N) is 1. The van der Waals surface area contributed by atoms with E-state index in [1.807, 2.05) is 62.4 Å². The van der Waals surface area contributed by atoms with Crippen molar-refractivity contribution < 1.29 is 4.79 Å². The Hall–Kier alpha value is -3.46. The van der Waals surface area contributed by atoms with Gasteiger partial charge in [-0.05, 0) is 55.7 Å². The van der Waals surface area contributed by atoms with Gasteiger partial charge in [-0.1, -0.05) is 67.4 Å². The number of hydrogen-bond donors (Lipinski definition) is 1. The molecule has 3 nitrogen and oxygen atoms in total. The SMILES string of the molecule is Cc1ccc(NC(=O)c2cc(-c3ccc(C(C)C)cc3)nc3ccc(C)cc23)cc1. The molecule has 3 aromatic carbocycles. The number of benzene rings is 3. The number of rotatable bonds is 4. The minimum atomic E-state index is -0.128. The molecule has 0 atom stereocenters. The number of pyridine rings is 1. The molecule has 4 aromatic rings. The van der Waals surface area contributed by atoms with Crippen molar-refractivity contribution in [1.29, 1.82) is 0 Å². The fourth-order valence-corrected chi connectivity index (χ4v) is 3.55. The maximum atomic E-state index is 13.2. The van der Waals surface area contributed by atoms with E-state index in [1.54, 1.807) is 0 Å². The Bertz CT molecular complexity index is 1210. The van der Waals surface area contributed by atoms with Crippen LogP contribution < -0.4 is 5.32 Å². The molecule has 30 heavy (non-hydrogen) atoms. The largest absolute Gasteiger partial charge is 0.322 e. The summed E-state index contributed by atoms with van der Waals surface area (Å²) in [5.41, 5.74) is 7.58. The van der Waals surface area contributed by atoms with Crippen LogP contribution in [0.15, 0.2) is 72.8 Å². The number of hydrogen-bond acceptors (Lipinski definition) is 2. The van der Waals surface area contributed by atoms with E-state index in [9.17, 15) is 4.79 Å². The maximum absolute atomic E-state index is 13.2. The molecule has 4 rings (SSSR count). The van der Waals surface area contributed by atoms with Crippen LogP contribution in [-0.4, -0.2) is 10.9 Å². The Labute approximate surface area is 177 Å². The first kappa shape index (κ1) is 19.8. The molecule has 0 spiro atoms. The van der Waals surface area contributed by atoms with E-state index in [4.69, 9.17) is 4.98 Å². The lowest BCUT2D eigenvalue weighted by atomic mass is 9.98. The molecule has 0 aliphatic rings. The predicted octanol–water partition coefficient (Wildman–Crippen LogP) is 6.89. The van der Waals surface area contributed by atoms with Crippen molar-refractivity contribution in [3.05, 3.63) is 95.1 Å². The summed E-state index contributed by atoms with van der Waals surface area (Å²) in [6.07, 6.45) is 0. The van der Waals surface area contributed by atoms with Crippen LogP contribution in [0, 0.1) is 13.8 Å². The molecular weight excluding hydrogens is 368 g/mol. The molecule has 0 aliphatic heterocycles. The van der Waals surface area contributed by atoms with Gasteiger partial charge in [0.25, 0.3) is 5.91 Å². The van der Waals surface area contributed by atoms with Gasteiger partial charge in [-0.2, -0.15) is 0 Å². The Morgan fingerprint density at radius 2 is 1.50 bits per heavy atom. The van der Waals surface area contributed by atoms with Gasteiger partial charge in [0, 0.05) is 16.6 Å². The van der Waals surface area contributed by atoms with Crippen LogP contribution in [0.25, 0.3) is 22.2 Å². The number of fused-ring (bicyclic) bond motifs is 1. The Morgan fingerprint density at radius 3 is 2.17 bits per heavy atom. The summed E-state index contributed by atoms with van der Waals surface area (Å²) >= 11 is 0. The second-order valence-corrected chi connectivity index (χ2v) is 8.17. The smallest absolute Gasteiger partial charge is 0.256 e. The van der Waals surface area contributed by atoms with E-state index >= 15 is 0 Å². The number of nitrogens with zero attached hydrogens (tertiary/aromatic N) is 1. The predicted molar refractivity (Wildman–Crippen MR) is 125 cm³/mol. The number of carbonyl (C=O) groups is 1. The van der Waals surface area contributed by atoms with Gasteiger partial charge in [0.05, 0.1) is 16.8 Å². The number of amides is 1. The number of aromatic nitrogens is 1. The van der Waals surface area contributed by atoms with Crippen LogP contribution in [0.3, 0.4) is 0 Å². The van der Waals surface area contributed by atoms with E-state index in [0.29, 0.717) is 11.5 Å². The van der Waals surface area contributed by atoms with E-state index in [1.165, 1.54) is 5.56 Å². The average molecular weight is 395 g/mol. The molecule has 0 saturated heterocycles. The molecule has 1 amide bonds. The monoisotopic (exact) mass is 394 g/mol. The van der Waals surface area contributed by atoms with Gasteiger partial charge < -0.3 is 5.32 Å². The quantitative estimate of drug-likeness (QED) is 0.409. The Balaban J connectivity index is 1.79. The fraction of sp³-hybridized carbons (Fsp3) is 0.185. The molecule has 0 unspecified atom stereocenters. The molecule has 150 valence electrons. The van der Waals surface area contributed by atoms with Gasteiger partial charge in [0.2, 0.25) is 0 Å². The third-order valence-electron chi connectivity index (χ3n) is 5.39. The molecule has 0 saturated carbocycles. The van der Waals surface area contributed by atoms with Gasteiger partial charge in [0.1, 0.15) is 0 Å². The second kappa shape index (κ2) is 8.11. The molecule has 0 aliphatic carbocycles. The standard InChI is InChI=1S/C27H26N2O/c1-17(2)20-8-10-21(11-9-20)26-16-24(23-15-19(4)7-14-25(23)29-26)27(30)28-22-12-5-18(3)6-13-22/h5-17H,1-4H3,(H,28,30). The molecule has 0 fully saturated rings. The highest BCUT2D eigenvalue weighted by molar-refractivity contribution is 6.13. The van der Waals surface area contributed by atoms with Gasteiger partial charge >= 0.3 is 0 Å². The molecule has 1 heterocycles. The maximum Gasteiger partial charge on any atom is 0.256 e. The number of aryl methyl sites for hydroxylation is 2. The lowest BCUT2D eigenvalue weighted by molar-refractivity contribution is 0.102. The van der Waals surface area contributed by atoms with Crippen molar-refractivity contribution in [2.75, 3.05) is 5.32 Å². The van der Waals surface area contributed by atoms with Crippen LogP contribution in [0.5, 0.6) is 0 Å². The summed E-state index contributed by atoms with van der Waals surface area (Å²) in [7, 11) is 0. The fourth-order valence-electron chi connectivity index (χ4n) is 3.55. The van der Waals surface area contributed by atoms with Crippen molar-refractivity contribution >= 4 is 22.5 Å². The van der Waals surface area contributed by atoms with E-state index in [0.717, 1.165) is 39.0 Å². The summed E-state index contributed by atoms with van der Waals surface area (Å²) in [6.45, 7) is 8.42. The zero-order valence-corrected chi connectivity index (χ0v) is 17.9. The third kappa shape index (κ3) is 4.11. The van der Waals surface area contributed by atoms with Gasteiger partial charge in [0.15, 0.2) is 0 Å². The molecular formula is C27H26N2O. The summed E-state index contributed by atoms with van der Waals surface area (Å²) in [4.78, 5) is 18.1. The highest BCUT2D eigenvalue weighted by Gasteiger charge is 2.15. The Kier molecular flexibility index (Phi) is 5.37. The summed E-state index contributed by atoms with van der Waals surface area (Å²) in [6, 6.07) is 24.2. The minimum Gasteiger partial charge on any atom is -0.322 e. The topological polar surface area (TPSA) is 42.0 Å². The molecule has 0 bridgehead atoms. The number of anilines is 1. The van der Waals surface area contributed by atoms with Crippen LogP contribution in [0.4, 0.5) is 5.69 Å². The van der Waals surface area contributed by atoms with Crippen molar-refractivity contribution in [3.8, 4) is 11.3 Å². The number of carbonyl (C=O) groups excluding carboxylic acids is 1. The third-order valence-corrected chi connectivity index (χ3v) is 5.39. The van der Waals surface area contributed by atoms with E-state index < -0.39 is 0 Å². The van der Waals surface area contributed by atoms with Gasteiger partial charge in [-0.25, -0.2) is 4.98 Å². The Morgan fingerprint density at radius 1 is 0.833 bits per heavy atom.